The molecule has 26 heavy (non-hydrogen) atoms. The van der Waals surface area contributed by atoms with Crippen molar-refractivity contribution in [2.24, 2.45) is 0 Å². The lowest BCUT2D eigenvalue weighted by molar-refractivity contribution is 0.0754. The van der Waals surface area contributed by atoms with E-state index in [1.807, 2.05) is 4.90 Å². The van der Waals surface area contributed by atoms with Crippen molar-refractivity contribution in [1.29, 1.82) is 0 Å². The molecule has 4 rings (SSSR count). The number of benzene rings is 1. The topological polar surface area (TPSA) is 58.6 Å². The Hall–Kier alpha value is -2.54. The van der Waals surface area contributed by atoms with E-state index in [0.29, 0.717) is 11.4 Å². The molecule has 7 heteroatoms. The van der Waals surface area contributed by atoms with Gasteiger partial charge in [-0.2, -0.15) is 0 Å². The number of carbonyl (C=O) groups is 1. The summed E-state index contributed by atoms with van der Waals surface area (Å²) >= 11 is 0. The summed E-state index contributed by atoms with van der Waals surface area (Å²) < 4.78 is 18.7. The molecule has 0 unspecified atom stereocenters. The van der Waals surface area contributed by atoms with Crippen LogP contribution < -0.4 is 4.74 Å². The summed E-state index contributed by atoms with van der Waals surface area (Å²) in [7, 11) is 0. The van der Waals surface area contributed by atoms with Gasteiger partial charge in [0.05, 0.1) is 12.4 Å². The fourth-order valence-electron chi connectivity index (χ4n) is 3.24. The molecule has 2 aliphatic rings. The van der Waals surface area contributed by atoms with Crippen LogP contribution in [0.25, 0.3) is 0 Å². The highest BCUT2D eigenvalue weighted by molar-refractivity contribution is 5.92. The van der Waals surface area contributed by atoms with Crippen molar-refractivity contribution in [3.63, 3.8) is 0 Å². The van der Waals surface area contributed by atoms with Crippen molar-refractivity contribution < 1.29 is 13.9 Å². The maximum atomic E-state index is 13.2. The van der Waals surface area contributed by atoms with Gasteiger partial charge in [0.1, 0.15) is 17.3 Å². The van der Waals surface area contributed by atoms with Gasteiger partial charge >= 0.3 is 0 Å². The molecule has 0 N–H and O–H groups in total. The number of halogens is 1. The van der Waals surface area contributed by atoms with Gasteiger partial charge in [0.25, 0.3) is 5.91 Å². The van der Waals surface area contributed by atoms with Crippen molar-refractivity contribution in [3.05, 3.63) is 48.2 Å². The van der Waals surface area contributed by atoms with E-state index in [1.54, 1.807) is 12.1 Å². The van der Waals surface area contributed by atoms with Crippen molar-refractivity contribution in [2.45, 2.75) is 25.3 Å². The van der Waals surface area contributed by atoms with Crippen LogP contribution in [0.5, 0.6) is 11.6 Å². The zero-order valence-electron chi connectivity index (χ0n) is 14.5. The van der Waals surface area contributed by atoms with Crippen LogP contribution in [0.2, 0.25) is 0 Å². The second-order valence-electron chi connectivity index (χ2n) is 6.71. The van der Waals surface area contributed by atoms with Gasteiger partial charge < -0.3 is 9.64 Å². The first-order valence-corrected chi connectivity index (χ1v) is 8.98. The first kappa shape index (κ1) is 16.9. The summed E-state index contributed by atoms with van der Waals surface area (Å²) in [5.41, 5.74) is 0.302. The molecule has 1 aliphatic carbocycles. The van der Waals surface area contributed by atoms with E-state index >= 15 is 0 Å². The summed E-state index contributed by atoms with van der Waals surface area (Å²) in [5, 5.41) is 0. The van der Waals surface area contributed by atoms with E-state index in [1.165, 1.54) is 37.4 Å². The first-order valence-electron chi connectivity index (χ1n) is 8.98. The van der Waals surface area contributed by atoms with E-state index in [2.05, 4.69) is 14.9 Å². The Bertz CT molecular complexity index is 779. The number of ether oxygens (including phenoxy) is 1. The highest BCUT2D eigenvalue weighted by Crippen LogP contribution is 2.27. The van der Waals surface area contributed by atoms with Crippen LogP contribution in [-0.4, -0.2) is 57.9 Å². The maximum absolute atomic E-state index is 13.2. The van der Waals surface area contributed by atoms with Gasteiger partial charge in [-0.3, -0.25) is 9.69 Å². The van der Waals surface area contributed by atoms with E-state index in [9.17, 15) is 9.18 Å². The van der Waals surface area contributed by atoms with Crippen LogP contribution in [0.3, 0.4) is 0 Å². The first-order chi connectivity index (χ1) is 12.7. The molecule has 136 valence electrons. The van der Waals surface area contributed by atoms with Crippen LogP contribution in [-0.2, 0) is 0 Å². The Balaban J connectivity index is 1.38. The van der Waals surface area contributed by atoms with Gasteiger partial charge in [0, 0.05) is 38.3 Å². The van der Waals surface area contributed by atoms with Crippen molar-refractivity contribution in [2.75, 3.05) is 26.2 Å². The Morgan fingerprint density at radius 1 is 1.12 bits per heavy atom. The minimum absolute atomic E-state index is 0.104. The maximum Gasteiger partial charge on any atom is 0.274 e. The van der Waals surface area contributed by atoms with Crippen LogP contribution in [0.1, 0.15) is 29.8 Å². The highest BCUT2D eigenvalue weighted by Gasteiger charge is 2.31. The van der Waals surface area contributed by atoms with E-state index in [0.717, 1.165) is 38.6 Å². The van der Waals surface area contributed by atoms with Crippen LogP contribution >= 0.6 is 0 Å². The zero-order chi connectivity index (χ0) is 17.9. The summed E-state index contributed by atoms with van der Waals surface area (Å²) in [6.45, 7) is 3.44. The van der Waals surface area contributed by atoms with Gasteiger partial charge in [-0.05, 0) is 31.4 Å². The predicted molar refractivity (Wildman–Crippen MR) is 93.6 cm³/mol. The van der Waals surface area contributed by atoms with Gasteiger partial charge in [-0.15, -0.1) is 0 Å². The number of hydrogen-bond acceptors (Lipinski definition) is 5. The predicted octanol–water partition coefficient (Wildman–Crippen LogP) is 2.72. The molecule has 1 aliphatic heterocycles. The average Bonchev–Trinajstić information content (AvgIpc) is 3.48. The molecule has 2 heterocycles. The third-order valence-electron chi connectivity index (χ3n) is 4.75. The third kappa shape index (κ3) is 3.99. The zero-order valence-corrected chi connectivity index (χ0v) is 14.5. The minimum atomic E-state index is -0.385. The largest absolute Gasteiger partial charge is 0.437 e. The van der Waals surface area contributed by atoms with E-state index in [4.69, 9.17) is 4.74 Å². The van der Waals surface area contributed by atoms with Crippen LogP contribution in [0, 0.1) is 5.82 Å². The summed E-state index contributed by atoms with van der Waals surface area (Å²) in [5.74, 6) is 0.0742. The normalized spacial score (nSPS) is 18.4. The van der Waals surface area contributed by atoms with E-state index < -0.39 is 0 Å². The number of hydrogen-bond donors (Lipinski definition) is 0. The Morgan fingerprint density at radius 3 is 2.73 bits per heavy atom. The standard InChI is InChI=1S/C19H21FN4O2/c20-14-3-1-4-16(11-14)26-18-13-21-17(12-22-18)19(25)24-8-2-7-23(9-10-24)15-5-6-15/h1,3-4,11-13,15H,2,5-10H2. The number of amides is 1. The lowest BCUT2D eigenvalue weighted by Crippen LogP contribution is -2.36. The Labute approximate surface area is 151 Å². The second-order valence-corrected chi connectivity index (χ2v) is 6.71. The lowest BCUT2D eigenvalue weighted by Gasteiger charge is -2.21. The molecule has 1 amide bonds. The molecule has 0 radical (unpaired) electrons. The van der Waals surface area contributed by atoms with Gasteiger partial charge in [-0.1, -0.05) is 6.07 Å². The molecule has 0 spiro atoms. The second kappa shape index (κ2) is 7.37. The molecule has 2 aromatic rings. The number of carbonyl (C=O) groups excluding carboxylic acids is 1. The Kier molecular flexibility index (Phi) is 4.79. The molecular weight excluding hydrogens is 335 g/mol. The molecule has 1 aromatic carbocycles. The molecule has 0 bridgehead atoms. The smallest absolute Gasteiger partial charge is 0.274 e. The molecule has 1 aromatic heterocycles. The van der Waals surface area contributed by atoms with Crippen molar-refractivity contribution >= 4 is 5.91 Å². The molecular formula is C19H21FN4O2. The van der Waals surface area contributed by atoms with E-state index in [-0.39, 0.29) is 17.6 Å². The molecule has 1 saturated carbocycles. The monoisotopic (exact) mass is 356 g/mol. The van der Waals surface area contributed by atoms with Gasteiger partial charge in [-0.25, -0.2) is 14.4 Å². The number of aromatic nitrogens is 2. The minimum Gasteiger partial charge on any atom is -0.437 e. The van der Waals surface area contributed by atoms with Crippen LogP contribution in [0.15, 0.2) is 36.7 Å². The third-order valence-corrected chi connectivity index (χ3v) is 4.75. The Morgan fingerprint density at radius 2 is 2.00 bits per heavy atom. The quantitative estimate of drug-likeness (QED) is 0.843. The number of nitrogens with zero attached hydrogens (tertiary/aromatic N) is 4. The van der Waals surface area contributed by atoms with Gasteiger partial charge in [0.15, 0.2) is 0 Å². The fraction of sp³-hybridized carbons (Fsp3) is 0.421. The lowest BCUT2D eigenvalue weighted by atomic mass is 10.3. The summed E-state index contributed by atoms with van der Waals surface area (Å²) in [6, 6.07) is 6.52. The molecule has 6 nitrogen and oxygen atoms in total. The number of rotatable bonds is 4. The SMILES string of the molecule is O=C(c1cnc(Oc2cccc(F)c2)cn1)N1CCCN(C2CC2)CC1. The highest BCUT2D eigenvalue weighted by atomic mass is 19.1. The summed E-state index contributed by atoms with van der Waals surface area (Å²) in [6.07, 6.45) is 6.36. The average molecular weight is 356 g/mol. The summed E-state index contributed by atoms with van der Waals surface area (Å²) in [4.78, 5) is 25.3. The molecule has 2 fully saturated rings. The van der Waals surface area contributed by atoms with Crippen molar-refractivity contribution in [1.82, 2.24) is 19.8 Å². The molecule has 0 atom stereocenters. The molecule has 1 saturated heterocycles. The fourth-order valence-corrected chi connectivity index (χ4v) is 3.24. The van der Waals surface area contributed by atoms with Crippen LogP contribution in [0.4, 0.5) is 4.39 Å². The van der Waals surface area contributed by atoms with Gasteiger partial charge in [0.2, 0.25) is 5.88 Å². The van der Waals surface area contributed by atoms with Crippen molar-refractivity contribution in [3.8, 4) is 11.6 Å².